The van der Waals surface area contributed by atoms with Crippen LogP contribution in [0.15, 0.2) is 102 Å². The molecule has 4 N–H and O–H groups in total. The molecule has 1 fully saturated rings. The molecule has 4 aromatic rings. The number of rotatable bonds is 17. The number of benzene rings is 4. The van der Waals surface area contributed by atoms with Gasteiger partial charge in [-0.05, 0) is 64.9 Å². The van der Waals surface area contributed by atoms with Crippen molar-refractivity contribution in [3.63, 3.8) is 0 Å². The van der Waals surface area contributed by atoms with Crippen molar-refractivity contribution in [2.45, 2.75) is 81.5 Å². The standard InChI is InChI=1S/C40H43NO8S/c42-25-27-11-13-29(14-12-27)36-23-33(26-50-34-21-19-30(20-22-34)39(46)47)48-40(49-36)31-17-15-28(16-18-31)35-8-6-5-7-32(35)24-41-37(43)9-3-1-2-4-10-38(44)45/h5-8,11-22,33,36,40,42H,1-4,9-10,23-26H2,(H,41,43)(H,44,45)(H,46,47). The van der Waals surface area contributed by atoms with Gasteiger partial charge in [-0.1, -0.05) is 85.6 Å². The Bertz CT molecular complexity index is 1710. The highest BCUT2D eigenvalue weighted by Crippen LogP contribution is 2.40. The first-order valence-corrected chi connectivity index (χ1v) is 17.9. The number of thioether (sulfide) groups is 1. The summed E-state index contributed by atoms with van der Waals surface area (Å²) in [6, 6.07) is 30.6. The normalized spacial score (nSPS) is 17.3. The molecule has 0 bridgehead atoms. The third-order valence-electron chi connectivity index (χ3n) is 8.68. The first kappa shape index (κ1) is 36.8. The van der Waals surface area contributed by atoms with Crippen LogP contribution in [0.4, 0.5) is 0 Å². The summed E-state index contributed by atoms with van der Waals surface area (Å²) in [7, 11) is 0. The molecule has 0 spiro atoms. The van der Waals surface area contributed by atoms with Crippen LogP contribution in [0.1, 0.15) is 90.0 Å². The smallest absolute Gasteiger partial charge is 0.335 e. The zero-order valence-electron chi connectivity index (χ0n) is 27.8. The van der Waals surface area contributed by atoms with Crippen molar-refractivity contribution in [3.8, 4) is 11.1 Å². The fourth-order valence-electron chi connectivity index (χ4n) is 5.88. The maximum Gasteiger partial charge on any atom is 0.335 e. The van der Waals surface area contributed by atoms with Crippen molar-refractivity contribution < 1.29 is 39.2 Å². The molecule has 10 heteroatoms. The number of aromatic carboxylic acids is 1. The Kier molecular flexibility index (Phi) is 13.6. The Morgan fingerprint density at radius 3 is 2.12 bits per heavy atom. The average molecular weight is 698 g/mol. The summed E-state index contributed by atoms with van der Waals surface area (Å²) in [4.78, 5) is 35.4. The van der Waals surface area contributed by atoms with Gasteiger partial charge in [0.05, 0.1) is 24.4 Å². The Hall–Kier alpha value is -4.48. The molecule has 0 aliphatic carbocycles. The summed E-state index contributed by atoms with van der Waals surface area (Å²) in [5.74, 6) is -1.11. The van der Waals surface area contributed by atoms with Gasteiger partial charge in [-0.15, -0.1) is 11.8 Å². The number of carboxylic acid groups (broad SMARTS) is 2. The summed E-state index contributed by atoms with van der Waals surface area (Å²) in [5.41, 5.74) is 5.97. The molecule has 262 valence electrons. The number of nitrogens with one attached hydrogen (secondary N) is 1. The van der Waals surface area contributed by atoms with Crippen molar-refractivity contribution in [2.75, 3.05) is 5.75 Å². The molecule has 1 amide bonds. The minimum absolute atomic E-state index is 0.0227. The molecule has 1 aliphatic rings. The van der Waals surface area contributed by atoms with Crippen molar-refractivity contribution in [1.82, 2.24) is 5.32 Å². The summed E-state index contributed by atoms with van der Waals surface area (Å²) < 4.78 is 13.0. The quantitative estimate of drug-likeness (QED) is 0.0639. The third-order valence-corrected chi connectivity index (χ3v) is 9.83. The second kappa shape index (κ2) is 18.5. The van der Waals surface area contributed by atoms with E-state index in [9.17, 15) is 24.6 Å². The molecule has 0 radical (unpaired) electrons. The maximum absolute atomic E-state index is 12.5. The van der Waals surface area contributed by atoms with Crippen LogP contribution in [0.3, 0.4) is 0 Å². The molecule has 1 aliphatic heterocycles. The van der Waals surface area contributed by atoms with Gasteiger partial charge in [0.1, 0.15) is 0 Å². The number of ether oxygens (including phenoxy) is 2. The van der Waals surface area contributed by atoms with Gasteiger partial charge in [0.15, 0.2) is 6.29 Å². The maximum atomic E-state index is 12.5. The summed E-state index contributed by atoms with van der Waals surface area (Å²) in [6.45, 7) is 0.372. The highest BCUT2D eigenvalue weighted by Gasteiger charge is 2.32. The number of hydrogen-bond donors (Lipinski definition) is 4. The molecule has 9 nitrogen and oxygen atoms in total. The zero-order chi connectivity index (χ0) is 35.3. The number of aliphatic carboxylic acids is 1. The van der Waals surface area contributed by atoms with E-state index in [-0.39, 0.29) is 36.7 Å². The van der Waals surface area contributed by atoms with Crippen molar-refractivity contribution >= 4 is 29.6 Å². The first-order chi connectivity index (χ1) is 24.3. The minimum atomic E-state index is -0.955. The molecule has 3 atom stereocenters. The van der Waals surface area contributed by atoms with E-state index >= 15 is 0 Å². The molecule has 0 aromatic heterocycles. The number of hydrogen-bond acceptors (Lipinski definition) is 7. The first-order valence-electron chi connectivity index (χ1n) is 16.9. The average Bonchev–Trinajstić information content (AvgIpc) is 3.14. The van der Waals surface area contributed by atoms with E-state index in [0.717, 1.165) is 57.5 Å². The lowest BCUT2D eigenvalue weighted by Crippen LogP contribution is -2.31. The lowest BCUT2D eigenvalue weighted by Gasteiger charge is -2.36. The fraction of sp³-hybridized carbons (Fsp3) is 0.325. The van der Waals surface area contributed by atoms with Crippen LogP contribution in [0.5, 0.6) is 0 Å². The Labute approximate surface area is 296 Å². The lowest BCUT2D eigenvalue weighted by atomic mass is 9.97. The van der Waals surface area contributed by atoms with Crippen LogP contribution < -0.4 is 5.32 Å². The molecule has 50 heavy (non-hydrogen) atoms. The van der Waals surface area contributed by atoms with Crippen LogP contribution in [-0.2, 0) is 32.2 Å². The summed E-state index contributed by atoms with van der Waals surface area (Å²) in [5, 5.41) is 30.5. The predicted molar refractivity (Wildman–Crippen MR) is 192 cm³/mol. The van der Waals surface area contributed by atoms with E-state index in [1.54, 1.807) is 23.9 Å². The second-order valence-corrected chi connectivity index (χ2v) is 13.4. The minimum Gasteiger partial charge on any atom is -0.481 e. The summed E-state index contributed by atoms with van der Waals surface area (Å²) >= 11 is 1.61. The Balaban J connectivity index is 1.24. The van der Waals surface area contributed by atoms with Gasteiger partial charge in [0, 0.05) is 42.0 Å². The molecule has 4 aromatic carbocycles. The molecule has 0 saturated carbocycles. The topological polar surface area (TPSA) is 142 Å². The van der Waals surface area contributed by atoms with Crippen LogP contribution in [-0.4, -0.2) is 45.0 Å². The van der Waals surface area contributed by atoms with Crippen LogP contribution in [0.25, 0.3) is 11.1 Å². The van der Waals surface area contributed by atoms with Gasteiger partial charge in [-0.2, -0.15) is 0 Å². The number of aliphatic hydroxyl groups excluding tert-OH is 1. The highest BCUT2D eigenvalue weighted by molar-refractivity contribution is 7.99. The van der Waals surface area contributed by atoms with E-state index in [1.165, 1.54) is 0 Å². The van der Waals surface area contributed by atoms with Crippen molar-refractivity contribution in [3.05, 3.63) is 125 Å². The second-order valence-electron chi connectivity index (χ2n) is 12.4. The molecule has 3 unspecified atom stereocenters. The van der Waals surface area contributed by atoms with Gasteiger partial charge in [-0.3, -0.25) is 9.59 Å². The third kappa shape index (κ3) is 10.8. The largest absolute Gasteiger partial charge is 0.481 e. The molecule has 1 saturated heterocycles. The number of unbranched alkanes of at least 4 members (excludes halogenated alkanes) is 3. The number of aliphatic hydroxyl groups is 1. The van der Waals surface area contributed by atoms with Gasteiger partial charge in [0.2, 0.25) is 5.91 Å². The van der Waals surface area contributed by atoms with Gasteiger partial charge >= 0.3 is 11.9 Å². The van der Waals surface area contributed by atoms with E-state index in [0.29, 0.717) is 31.6 Å². The van der Waals surface area contributed by atoms with E-state index in [2.05, 4.69) is 5.32 Å². The van der Waals surface area contributed by atoms with E-state index < -0.39 is 18.2 Å². The van der Waals surface area contributed by atoms with Gasteiger partial charge in [-0.25, -0.2) is 4.79 Å². The number of carbonyl (C=O) groups excluding carboxylic acids is 1. The lowest BCUT2D eigenvalue weighted by molar-refractivity contribution is -0.245. The summed E-state index contributed by atoms with van der Waals surface area (Å²) in [6.07, 6.45) is 3.23. The van der Waals surface area contributed by atoms with Crippen LogP contribution in [0, 0.1) is 0 Å². The molecular formula is C40H43NO8S. The SMILES string of the molecule is O=C(O)CCCCCCC(=O)NCc1ccccc1-c1ccc(C2OC(CSc3ccc(C(=O)O)cc3)CC(c3ccc(CO)cc3)O2)cc1. The van der Waals surface area contributed by atoms with Gasteiger partial charge < -0.3 is 30.1 Å². The monoisotopic (exact) mass is 697 g/mol. The highest BCUT2D eigenvalue weighted by atomic mass is 32.2. The van der Waals surface area contributed by atoms with Crippen molar-refractivity contribution in [1.29, 1.82) is 0 Å². The number of amides is 1. The molecule has 1 heterocycles. The van der Waals surface area contributed by atoms with Crippen LogP contribution in [0.2, 0.25) is 0 Å². The number of carbonyl (C=O) groups is 3. The van der Waals surface area contributed by atoms with Crippen LogP contribution >= 0.6 is 11.8 Å². The number of carboxylic acids is 2. The van der Waals surface area contributed by atoms with Crippen molar-refractivity contribution in [2.24, 2.45) is 0 Å². The van der Waals surface area contributed by atoms with E-state index in [1.807, 2.05) is 84.9 Å². The Morgan fingerprint density at radius 1 is 0.760 bits per heavy atom. The predicted octanol–water partition coefficient (Wildman–Crippen LogP) is 7.92. The molecular weight excluding hydrogens is 655 g/mol. The van der Waals surface area contributed by atoms with E-state index in [4.69, 9.17) is 14.6 Å². The molecule has 5 rings (SSSR count). The Morgan fingerprint density at radius 2 is 1.44 bits per heavy atom. The zero-order valence-corrected chi connectivity index (χ0v) is 28.6. The fourth-order valence-corrected chi connectivity index (χ4v) is 6.80. The van der Waals surface area contributed by atoms with Gasteiger partial charge in [0.25, 0.3) is 0 Å².